The van der Waals surface area contributed by atoms with E-state index in [1.807, 2.05) is 61.5 Å². The van der Waals surface area contributed by atoms with Gasteiger partial charge in [-0.25, -0.2) is 17.9 Å². The summed E-state index contributed by atoms with van der Waals surface area (Å²) in [6.07, 6.45) is 0.513. The number of aliphatic carboxylic acids is 1. The van der Waals surface area contributed by atoms with E-state index in [0.29, 0.717) is 12.2 Å². The molecule has 0 bridgehead atoms. The number of hydrogen-bond acceptors (Lipinski definition) is 4. The molecule has 0 fully saturated rings. The van der Waals surface area contributed by atoms with E-state index in [4.69, 9.17) is 9.84 Å². The van der Waals surface area contributed by atoms with E-state index in [1.165, 1.54) is 0 Å². The Balaban J connectivity index is 1.65. The minimum atomic E-state index is -3.42. The summed E-state index contributed by atoms with van der Waals surface area (Å²) in [5.41, 5.74) is 1.96. The predicted octanol–water partition coefficient (Wildman–Crippen LogP) is 3.57. The van der Waals surface area contributed by atoms with Gasteiger partial charge in [-0.3, -0.25) is 0 Å². The zero-order valence-corrected chi connectivity index (χ0v) is 17.6. The molecule has 2 N–H and O–H groups in total. The number of hydrogen-bond donors (Lipinski definition) is 2. The molecule has 0 radical (unpaired) electrons. The highest BCUT2D eigenvalue weighted by Gasteiger charge is 2.17. The van der Waals surface area contributed by atoms with Gasteiger partial charge >= 0.3 is 5.97 Å². The maximum atomic E-state index is 12.5. The second-order valence-electron chi connectivity index (χ2n) is 7.19. The quantitative estimate of drug-likeness (QED) is 0.516. The lowest BCUT2D eigenvalue weighted by Gasteiger charge is -2.14. The molecule has 0 saturated carbocycles. The number of carbonyl (C=O) groups is 1. The van der Waals surface area contributed by atoms with Gasteiger partial charge in [0, 0.05) is 11.9 Å². The molecule has 0 aromatic heterocycles. The van der Waals surface area contributed by atoms with E-state index in [9.17, 15) is 13.2 Å². The SMILES string of the molecule is CC(CS(=O)(=O)NCCc1cccc2c(OCC(=O)O)cccc12)c1ccccc1. The van der Waals surface area contributed by atoms with E-state index >= 15 is 0 Å². The largest absolute Gasteiger partial charge is 0.481 e. The first kappa shape index (κ1) is 21.8. The van der Waals surface area contributed by atoms with Crippen LogP contribution in [-0.4, -0.2) is 38.4 Å². The molecule has 0 aliphatic carbocycles. The number of ether oxygens (including phenoxy) is 1. The van der Waals surface area contributed by atoms with Crippen molar-refractivity contribution in [2.75, 3.05) is 18.9 Å². The van der Waals surface area contributed by atoms with Crippen LogP contribution in [0, 0.1) is 0 Å². The van der Waals surface area contributed by atoms with Gasteiger partial charge in [0.05, 0.1) is 5.75 Å². The summed E-state index contributed by atoms with van der Waals surface area (Å²) in [6, 6.07) is 20.7. The lowest BCUT2D eigenvalue weighted by Crippen LogP contribution is -2.30. The van der Waals surface area contributed by atoms with E-state index in [0.717, 1.165) is 21.9 Å². The van der Waals surface area contributed by atoms with Gasteiger partial charge in [0.2, 0.25) is 10.0 Å². The van der Waals surface area contributed by atoms with Crippen molar-refractivity contribution in [2.45, 2.75) is 19.3 Å². The fraction of sp³-hybridized carbons (Fsp3) is 0.261. The summed E-state index contributed by atoms with van der Waals surface area (Å²) in [4.78, 5) is 10.8. The van der Waals surface area contributed by atoms with E-state index in [2.05, 4.69) is 4.72 Å². The minimum absolute atomic E-state index is 0.0275. The van der Waals surface area contributed by atoms with Gasteiger partial charge in [0.25, 0.3) is 0 Å². The molecule has 158 valence electrons. The molecule has 1 unspecified atom stereocenters. The van der Waals surface area contributed by atoms with Crippen LogP contribution >= 0.6 is 0 Å². The van der Waals surface area contributed by atoms with Gasteiger partial charge in [-0.15, -0.1) is 0 Å². The lowest BCUT2D eigenvalue weighted by atomic mass is 10.0. The standard InChI is InChI=1S/C23H25NO5S/c1-17(18-7-3-2-4-8-18)16-30(27,28)24-14-13-19-9-5-11-21-20(19)10-6-12-22(21)29-15-23(25)26/h2-12,17,24H,13-16H2,1H3,(H,25,26). The topological polar surface area (TPSA) is 92.7 Å². The highest BCUT2D eigenvalue weighted by molar-refractivity contribution is 7.89. The second-order valence-corrected chi connectivity index (χ2v) is 9.04. The molecular weight excluding hydrogens is 402 g/mol. The normalized spacial score (nSPS) is 12.6. The van der Waals surface area contributed by atoms with Crippen LogP contribution in [0.4, 0.5) is 0 Å². The molecule has 30 heavy (non-hydrogen) atoms. The molecule has 0 saturated heterocycles. The third kappa shape index (κ3) is 5.81. The first-order chi connectivity index (χ1) is 14.4. The van der Waals surface area contributed by atoms with E-state index in [1.54, 1.807) is 12.1 Å². The van der Waals surface area contributed by atoms with Crippen molar-refractivity contribution in [3.63, 3.8) is 0 Å². The average Bonchev–Trinajstić information content (AvgIpc) is 2.72. The number of rotatable bonds is 10. The monoisotopic (exact) mass is 427 g/mol. The Bertz CT molecular complexity index is 1110. The Labute approximate surface area is 176 Å². The zero-order chi connectivity index (χ0) is 21.6. The molecule has 3 rings (SSSR count). The second kappa shape index (κ2) is 9.73. The summed E-state index contributed by atoms with van der Waals surface area (Å²) in [5, 5.41) is 10.6. The van der Waals surface area contributed by atoms with Gasteiger partial charge in [0.1, 0.15) is 5.75 Å². The fourth-order valence-electron chi connectivity index (χ4n) is 3.44. The first-order valence-corrected chi connectivity index (χ1v) is 11.4. The third-order valence-corrected chi connectivity index (χ3v) is 6.46. The summed E-state index contributed by atoms with van der Waals surface area (Å²) in [6.45, 7) is 1.77. The maximum Gasteiger partial charge on any atom is 0.341 e. The van der Waals surface area contributed by atoms with Crippen molar-refractivity contribution in [1.29, 1.82) is 0 Å². The molecule has 0 aliphatic heterocycles. The van der Waals surface area contributed by atoms with Gasteiger partial charge in [-0.2, -0.15) is 0 Å². The van der Waals surface area contributed by atoms with Crippen molar-refractivity contribution in [3.8, 4) is 5.75 Å². The Morgan fingerprint density at radius 2 is 1.70 bits per heavy atom. The van der Waals surface area contributed by atoms with Gasteiger partial charge < -0.3 is 9.84 Å². The van der Waals surface area contributed by atoms with Gasteiger partial charge in [-0.1, -0.05) is 67.6 Å². The zero-order valence-electron chi connectivity index (χ0n) is 16.7. The number of carboxylic acid groups (broad SMARTS) is 1. The molecule has 6 nitrogen and oxygen atoms in total. The lowest BCUT2D eigenvalue weighted by molar-refractivity contribution is -0.139. The highest BCUT2D eigenvalue weighted by atomic mass is 32.2. The van der Waals surface area contributed by atoms with Crippen LogP contribution in [0.3, 0.4) is 0 Å². The number of benzene rings is 3. The molecule has 0 spiro atoms. The van der Waals surface area contributed by atoms with Crippen molar-refractivity contribution >= 4 is 26.8 Å². The smallest absolute Gasteiger partial charge is 0.341 e. The Morgan fingerprint density at radius 3 is 2.43 bits per heavy atom. The fourth-order valence-corrected chi connectivity index (χ4v) is 4.82. The molecule has 3 aromatic carbocycles. The molecule has 1 atom stereocenters. The van der Waals surface area contributed by atoms with Crippen LogP contribution in [0.2, 0.25) is 0 Å². The Hall–Kier alpha value is -2.90. The highest BCUT2D eigenvalue weighted by Crippen LogP contribution is 2.28. The molecule has 0 heterocycles. The number of nitrogens with one attached hydrogen (secondary N) is 1. The Kier molecular flexibility index (Phi) is 7.07. The van der Waals surface area contributed by atoms with E-state index < -0.39 is 22.6 Å². The number of fused-ring (bicyclic) bond motifs is 1. The molecule has 3 aromatic rings. The van der Waals surface area contributed by atoms with Crippen LogP contribution in [0.15, 0.2) is 66.7 Å². The summed E-state index contributed by atoms with van der Waals surface area (Å²) >= 11 is 0. The van der Waals surface area contributed by atoms with Crippen LogP contribution in [0.1, 0.15) is 24.0 Å². The minimum Gasteiger partial charge on any atom is -0.481 e. The van der Waals surface area contributed by atoms with Gasteiger partial charge in [0.15, 0.2) is 6.61 Å². The summed E-state index contributed by atoms with van der Waals surface area (Å²) in [5.74, 6) is -0.619. The van der Waals surface area contributed by atoms with Crippen molar-refractivity contribution < 1.29 is 23.1 Å². The van der Waals surface area contributed by atoms with Crippen molar-refractivity contribution in [2.24, 2.45) is 0 Å². The molecule has 7 heteroatoms. The van der Waals surface area contributed by atoms with Crippen LogP contribution in [-0.2, 0) is 21.2 Å². The first-order valence-electron chi connectivity index (χ1n) is 9.73. The number of sulfonamides is 1. The predicted molar refractivity (Wildman–Crippen MR) is 117 cm³/mol. The van der Waals surface area contributed by atoms with Crippen molar-refractivity contribution in [1.82, 2.24) is 4.72 Å². The van der Waals surface area contributed by atoms with Crippen LogP contribution in [0.25, 0.3) is 10.8 Å². The van der Waals surface area contributed by atoms with Crippen molar-refractivity contribution in [3.05, 3.63) is 77.9 Å². The molecule has 0 aliphatic rings. The summed E-state index contributed by atoms with van der Waals surface area (Å²) < 4.78 is 33.0. The van der Waals surface area contributed by atoms with Gasteiger partial charge in [-0.05, 0) is 34.9 Å². The van der Waals surface area contributed by atoms with Crippen LogP contribution in [0.5, 0.6) is 5.75 Å². The van der Waals surface area contributed by atoms with Crippen LogP contribution < -0.4 is 9.46 Å². The molecular formula is C23H25NO5S. The average molecular weight is 428 g/mol. The Morgan fingerprint density at radius 1 is 1.00 bits per heavy atom. The van der Waals surface area contributed by atoms with E-state index in [-0.39, 0.29) is 18.2 Å². The third-order valence-electron chi connectivity index (χ3n) is 4.88. The maximum absolute atomic E-state index is 12.5. The molecule has 0 amide bonds. The summed E-state index contributed by atoms with van der Waals surface area (Å²) in [7, 11) is -3.42. The number of carboxylic acids is 1.